The molecule has 4 amide bonds. The number of benzene rings is 4. The fourth-order valence-corrected chi connectivity index (χ4v) is 6.98. The van der Waals surface area contributed by atoms with Crippen molar-refractivity contribution < 1.29 is 19.1 Å². The summed E-state index contributed by atoms with van der Waals surface area (Å²) in [7, 11) is 3.34. The molecule has 2 spiro atoms. The van der Waals surface area contributed by atoms with E-state index in [0.717, 1.165) is 81.5 Å². The highest BCUT2D eigenvalue weighted by Gasteiger charge is 2.57. The zero-order chi connectivity index (χ0) is 34.6. The quantitative estimate of drug-likeness (QED) is 0.188. The summed E-state index contributed by atoms with van der Waals surface area (Å²) >= 11 is 10.2. The molecular weight excluding hydrogens is 816 g/mol. The maximum absolute atomic E-state index is 13.0. The zero-order valence-electron chi connectivity index (χ0n) is 27.5. The molecule has 8 rings (SSSR count). The average Bonchev–Trinajstić information content (AvgIpc) is 4.03. The highest BCUT2D eigenvalue weighted by Crippen LogP contribution is 2.49. The first kappa shape index (κ1) is 35.3. The number of methoxy groups -OCH3 is 2. The van der Waals surface area contributed by atoms with Gasteiger partial charge < -0.3 is 19.7 Å². The molecule has 4 aliphatic rings. The Morgan fingerprint density at radius 3 is 1.71 bits per heavy atom. The number of alkyl halides is 1. The van der Waals surface area contributed by atoms with Crippen LogP contribution in [0.4, 0.5) is 21.0 Å². The SMILES string of the molecule is COc1cccc(CBr)c1.COc1cccc(CN2C(=O)N(c3ccc(Br)cc3)CC23CC3)c1.O=C1NC2(CC2)CN1c1ccc(Br)cc1. The topological polar surface area (TPSA) is 74.3 Å². The molecule has 1 N–H and O–H groups in total. The molecule has 0 radical (unpaired) electrons. The van der Waals surface area contributed by atoms with Crippen molar-refractivity contribution in [2.24, 2.45) is 0 Å². The molecule has 4 aromatic carbocycles. The van der Waals surface area contributed by atoms with E-state index in [-0.39, 0.29) is 23.1 Å². The maximum atomic E-state index is 13.0. The first-order valence-electron chi connectivity index (χ1n) is 16.2. The molecule has 2 aliphatic heterocycles. The number of halogens is 3. The third-order valence-corrected chi connectivity index (χ3v) is 11.0. The van der Waals surface area contributed by atoms with Gasteiger partial charge >= 0.3 is 12.1 Å². The predicted molar refractivity (Wildman–Crippen MR) is 205 cm³/mol. The molecule has 0 aromatic heterocycles. The van der Waals surface area contributed by atoms with Crippen LogP contribution in [-0.4, -0.2) is 55.3 Å². The second kappa shape index (κ2) is 15.1. The summed E-state index contributed by atoms with van der Waals surface area (Å²) in [5, 5.41) is 3.92. The second-order valence-corrected chi connectivity index (χ2v) is 15.2. The summed E-state index contributed by atoms with van der Waals surface area (Å²) in [6.07, 6.45) is 4.39. The number of ether oxygens (including phenoxy) is 2. The predicted octanol–water partition coefficient (Wildman–Crippen LogP) is 9.53. The van der Waals surface area contributed by atoms with Crippen molar-refractivity contribution in [3.8, 4) is 11.5 Å². The van der Waals surface area contributed by atoms with Gasteiger partial charge in [-0.3, -0.25) is 9.80 Å². The lowest BCUT2D eigenvalue weighted by molar-refractivity contribution is 0.197. The Morgan fingerprint density at radius 2 is 1.22 bits per heavy atom. The summed E-state index contributed by atoms with van der Waals surface area (Å²) in [5.74, 6) is 1.74. The van der Waals surface area contributed by atoms with Crippen molar-refractivity contribution >= 4 is 71.2 Å². The number of amides is 4. The standard InChI is InChI=1S/C19H19BrN2O2.C11H11BrN2O.C8H9BrO/c1-24-17-4-2-3-14(11-17)12-22-18(23)21(13-19(22)9-10-19)16-7-5-15(20)6-8-16;12-8-1-3-9(4-2-8)14-7-11(5-6-11)13-10(14)15;1-10-8-4-2-3-7(5-8)6-9/h2-8,11H,9-10,12-13H2,1H3;1-4H,5-7H2,(H,13,15);2-5H,6H2,1H3. The molecule has 256 valence electrons. The van der Waals surface area contributed by atoms with Crippen molar-refractivity contribution in [1.82, 2.24) is 10.2 Å². The van der Waals surface area contributed by atoms with Gasteiger partial charge in [-0.15, -0.1) is 0 Å². The number of nitrogens with one attached hydrogen (secondary N) is 1. The van der Waals surface area contributed by atoms with Crippen LogP contribution in [0.25, 0.3) is 0 Å². The maximum Gasteiger partial charge on any atom is 0.325 e. The van der Waals surface area contributed by atoms with E-state index in [9.17, 15) is 9.59 Å². The van der Waals surface area contributed by atoms with Crippen molar-refractivity contribution in [2.75, 3.05) is 37.1 Å². The van der Waals surface area contributed by atoms with E-state index in [1.165, 1.54) is 5.56 Å². The Balaban J connectivity index is 0.000000142. The van der Waals surface area contributed by atoms with Crippen molar-refractivity contribution in [3.63, 3.8) is 0 Å². The number of rotatable bonds is 7. The van der Waals surface area contributed by atoms with E-state index >= 15 is 0 Å². The van der Waals surface area contributed by atoms with E-state index in [1.54, 1.807) is 14.2 Å². The van der Waals surface area contributed by atoms with E-state index in [4.69, 9.17) is 9.47 Å². The molecule has 4 fully saturated rings. The van der Waals surface area contributed by atoms with Gasteiger partial charge in [0.05, 0.1) is 38.4 Å². The highest BCUT2D eigenvalue weighted by atomic mass is 79.9. The molecule has 4 aromatic rings. The number of hydrogen-bond acceptors (Lipinski definition) is 4. The number of anilines is 2. The van der Waals surface area contributed by atoms with E-state index < -0.39 is 0 Å². The third-order valence-electron chi connectivity index (χ3n) is 9.29. The minimum Gasteiger partial charge on any atom is -0.497 e. The summed E-state index contributed by atoms with van der Waals surface area (Å²) in [6.45, 7) is 2.22. The Hall–Kier alpha value is -3.54. The molecule has 49 heavy (non-hydrogen) atoms. The molecule has 8 nitrogen and oxygen atoms in total. The van der Waals surface area contributed by atoms with Crippen LogP contribution in [0.2, 0.25) is 0 Å². The van der Waals surface area contributed by atoms with Gasteiger partial charge in [0, 0.05) is 32.2 Å². The lowest BCUT2D eigenvalue weighted by Gasteiger charge is -2.23. The van der Waals surface area contributed by atoms with Crippen molar-refractivity contribution in [1.29, 1.82) is 0 Å². The van der Waals surface area contributed by atoms with Crippen LogP contribution in [0.15, 0.2) is 106 Å². The van der Waals surface area contributed by atoms with Crippen LogP contribution in [0.1, 0.15) is 36.8 Å². The van der Waals surface area contributed by atoms with Crippen LogP contribution in [0, 0.1) is 0 Å². The molecule has 11 heteroatoms. The Kier molecular flexibility index (Phi) is 10.9. The first-order valence-corrected chi connectivity index (χ1v) is 18.9. The lowest BCUT2D eigenvalue weighted by Crippen LogP contribution is -2.35. The van der Waals surface area contributed by atoms with Crippen LogP contribution >= 0.6 is 47.8 Å². The molecule has 2 aliphatic carbocycles. The van der Waals surface area contributed by atoms with E-state index in [2.05, 4.69) is 59.2 Å². The summed E-state index contributed by atoms with van der Waals surface area (Å²) in [5.41, 5.74) is 4.38. The van der Waals surface area contributed by atoms with Gasteiger partial charge in [0.2, 0.25) is 0 Å². The fraction of sp³-hybridized carbons (Fsp3) is 0.316. The van der Waals surface area contributed by atoms with Gasteiger partial charge in [-0.05, 0) is 110 Å². The zero-order valence-corrected chi connectivity index (χ0v) is 32.3. The van der Waals surface area contributed by atoms with Crippen molar-refractivity contribution in [2.45, 2.75) is 48.6 Å². The Morgan fingerprint density at radius 1 is 0.694 bits per heavy atom. The molecule has 0 unspecified atom stereocenters. The molecule has 0 atom stereocenters. The number of urea groups is 2. The highest BCUT2D eigenvalue weighted by molar-refractivity contribution is 9.10. The van der Waals surface area contributed by atoms with E-state index in [1.807, 2.05) is 106 Å². The Labute approximate surface area is 313 Å². The normalized spacial score (nSPS) is 17.6. The minimum atomic E-state index is 0.00718. The van der Waals surface area contributed by atoms with Gasteiger partial charge in [-0.25, -0.2) is 9.59 Å². The smallest absolute Gasteiger partial charge is 0.325 e. The Bertz CT molecular complexity index is 1760. The van der Waals surface area contributed by atoms with E-state index in [0.29, 0.717) is 6.54 Å². The molecule has 2 saturated heterocycles. The monoisotopic (exact) mass is 852 g/mol. The number of hydrogen-bond donors (Lipinski definition) is 1. The molecule has 2 saturated carbocycles. The number of carbonyl (C=O) groups excluding carboxylic acids is 2. The van der Waals surface area contributed by atoms with Gasteiger partial charge in [0.15, 0.2) is 0 Å². The van der Waals surface area contributed by atoms with Crippen molar-refractivity contribution in [3.05, 3.63) is 117 Å². The number of nitrogens with zero attached hydrogens (tertiary/aromatic N) is 3. The summed E-state index contributed by atoms with van der Waals surface area (Å²) < 4.78 is 12.4. The van der Waals surface area contributed by atoms with Gasteiger partial charge in [-0.2, -0.15) is 0 Å². The van der Waals surface area contributed by atoms with Crippen LogP contribution in [0.5, 0.6) is 11.5 Å². The van der Waals surface area contributed by atoms with Gasteiger partial charge in [0.1, 0.15) is 11.5 Å². The lowest BCUT2D eigenvalue weighted by atomic mass is 10.1. The largest absolute Gasteiger partial charge is 0.497 e. The second-order valence-electron chi connectivity index (χ2n) is 12.8. The van der Waals surface area contributed by atoms with Crippen LogP contribution in [0.3, 0.4) is 0 Å². The van der Waals surface area contributed by atoms with Crippen LogP contribution in [-0.2, 0) is 11.9 Å². The average molecular weight is 855 g/mol. The summed E-state index contributed by atoms with van der Waals surface area (Å²) in [6, 6.07) is 31.9. The molecule has 0 bridgehead atoms. The number of carbonyl (C=O) groups is 2. The van der Waals surface area contributed by atoms with Gasteiger partial charge in [-0.1, -0.05) is 72.1 Å². The fourth-order valence-electron chi connectivity index (χ4n) is 6.11. The first-order chi connectivity index (χ1) is 23.7. The third kappa shape index (κ3) is 8.44. The summed E-state index contributed by atoms with van der Waals surface area (Å²) in [4.78, 5) is 30.5. The molecule has 2 heterocycles. The van der Waals surface area contributed by atoms with Gasteiger partial charge in [0.25, 0.3) is 0 Å². The van der Waals surface area contributed by atoms with Crippen LogP contribution < -0.4 is 24.6 Å². The molecular formula is C38H39Br3N4O4. The minimum absolute atomic E-state index is 0.00718.